The number of methoxy groups -OCH3 is 2. The summed E-state index contributed by atoms with van der Waals surface area (Å²) in [5.74, 6) is 1.82. The molecule has 0 heterocycles. The van der Waals surface area contributed by atoms with Gasteiger partial charge in [0.1, 0.15) is 11.5 Å². The first-order valence-corrected chi connectivity index (χ1v) is 9.05. The van der Waals surface area contributed by atoms with Crippen molar-refractivity contribution in [1.29, 1.82) is 0 Å². The molecule has 2 nitrogen and oxygen atoms in total. The molecule has 3 rings (SSSR count). The zero-order valence-corrected chi connectivity index (χ0v) is 17.1. The van der Waals surface area contributed by atoms with Gasteiger partial charge in [0.15, 0.2) is 0 Å². The van der Waals surface area contributed by atoms with Crippen LogP contribution in [0, 0.1) is 0 Å². The van der Waals surface area contributed by atoms with E-state index in [1.807, 2.05) is 125 Å². The van der Waals surface area contributed by atoms with Crippen molar-refractivity contribution in [2.24, 2.45) is 0 Å². The highest BCUT2D eigenvalue weighted by Gasteiger charge is 1.80. The Kier molecular flexibility index (Phi) is 21.8. The molecule has 0 bridgehead atoms. The molecule has 26 heavy (non-hydrogen) atoms. The largest absolute Gasteiger partial charge is 0.497 e. The third-order valence-corrected chi connectivity index (χ3v) is 2.62. The second-order valence-electron chi connectivity index (χ2n) is 4.19. The molecule has 0 aliphatic heterocycles. The summed E-state index contributed by atoms with van der Waals surface area (Å²) < 4.78 is 9.83. The van der Waals surface area contributed by atoms with Crippen molar-refractivity contribution in [3.05, 3.63) is 97.1 Å². The molecule has 0 aliphatic rings. The first-order valence-electron chi connectivity index (χ1n) is 9.05. The molecule has 3 aromatic rings. The Morgan fingerprint density at radius 1 is 0.385 bits per heavy atom. The summed E-state index contributed by atoms with van der Waals surface area (Å²) in [5.41, 5.74) is 0. The fourth-order valence-electron chi connectivity index (χ4n) is 1.50. The molecule has 0 unspecified atom stereocenters. The van der Waals surface area contributed by atoms with E-state index < -0.39 is 0 Å². The number of hydrogen-bond donors (Lipinski definition) is 0. The summed E-state index contributed by atoms with van der Waals surface area (Å²) in [5, 5.41) is 0. The summed E-state index contributed by atoms with van der Waals surface area (Å²) in [7, 11) is 3.32. The van der Waals surface area contributed by atoms with Crippen molar-refractivity contribution >= 4 is 0 Å². The van der Waals surface area contributed by atoms with Gasteiger partial charge in [0, 0.05) is 0 Å². The highest BCUT2D eigenvalue weighted by atomic mass is 16.5. The lowest BCUT2D eigenvalue weighted by Crippen LogP contribution is -1.78. The van der Waals surface area contributed by atoms with E-state index in [4.69, 9.17) is 9.47 Å². The quantitative estimate of drug-likeness (QED) is 0.487. The van der Waals surface area contributed by atoms with Crippen LogP contribution in [0.4, 0.5) is 0 Å². The van der Waals surface area contributed by atoms with Gasteiger partial charge >= 0.3 is 0 Å². The van der Waals surface area contributed by atoms with Crippen LogP contribution in [0.5, 0.6) is 11.5 Å². The zero-order valence-electron chi connectivity index (χ0n) is 17.1. The van der Waals surface area contributed by atoms with E-state index in [-0.39, 0.29) is 0 Å². The maximum absolute atomic E-state index is 4.91. The van der Waals surface area contributed by atoms with Gasteiger partial charge in [-0.15, -0.1) is 0 Å². The minimum atomic E-state index is 0.910. The highest BCUT2D eigenvalue weighted by molar-refractivity contribution is 5.21. The van der Waals surface area contributed by atoms with E-state index in [0.717, 1.165) is 11.5 Å². The Morgan fingerprint density at radius 2 is 0.577 bits per heavy atom. The van der Waals surface area contributed by atoms with Crippen LogP contribution in [0.1, 0.15) is 27.7 Å². The molecule has 0 aromatic heterocycles. The second-order valence-corrected chi connectivity index (χ2v) is 4.19. The van der Waals surface area contributed by atoms with Crippen molar-refractivity contribution in [3.63, 3.8) is 0 Å². The van der Waals surface area contributed by atoms with Crippen molar-refractivity contribution in [2.75, 3.05) is 14.2 Å². The normalized spacial score (nSPS) is 7.62. The minimum absolute atomic E-state index is 0.910. The maximum Gasteiger partial charge on any atom is 0.118 e. The summed E-state index contributed by atoms with van der Waals surface area (Å²) in [6.07, 6.45) is 0. The van der Waals surface area contributed by atoms with Gasteiger partial charge < -0.3 is 9.47 Å². The maximum atomic E-state index is 4.91. The molecule has 2 heteroatoms. The topological polar surface area (TPSA) is 18.5 Å². The lowest BCUT2D eigenvalue weighted by molar-refractivity contribution is 0.414. The van der Waals surface area contributed by atoms with Crippen LogP contribution in [-0.4, -0.2) is 14.2 Å². The van der Waals surface area contributed by atoms with Gasteiger partial charge in [-0.1, -0.05) is 100 Å². The van der Waals surface area contributed by atoms with Crippen LogP contribution in [0.25, 0.3) is 0 Å². The van der Waals surface area contributed by atoms with Crippen molar-refractivity contribution in [2.45, 2.75) is 27.7 Å². The van der Waals surface area contributed by atoms with E-state index >= 15 is 0 Å². The van der Waals surface area contributed by atoms with Crippen molar-refractivity contribution < 1.29 is 9.47 Å². The Balaban J connectivity index is 0. The van der Waals surface area contributed by atoms with E-state index in [9.17, 15) is 0 Å². The molecule has 3 aromatic carbocycles. The summed E-state index contributed by atoms with van der Waals surface area (Å²) >= 11 is 0. The van der Waals surface area contributed by atoms with Gasteiger partial charge in [-0.05, 0) is 24.3 Å². The number of benzene rings is 3. The summed E-state index contributed by atoms with van der Waals surface area (Å²) in [4.78, 5) is 0. The molecule has 0 N–H and O–H groups in total. The average Bonchev–Trinajstić information content (AvgIpc) is 2.79. The van der Waals surface area contributed by atoms with Gasteiger partial charge in [0.2, 0.25) is 0 Å². The van der Waals surface area contributed by atoms with Gasteiger partial charge in [-0.25, -0.2) is 0 Å². The molecule has 142 valence electrons. The molecule has 0 radical (unpaired) electrons. The van der Waals surface area contributed by atoms with Crippen LogP contribution < -0.4 is 9.47 Å². The number of para-hydroxylation sites is 2. The lowest BCUT2D eigenvalue weighted by Gasteiger charge is -1.93. The molecule has 0 atom stereocenters. The monoisotopic (exact) mass is 354 g/mol. The SMILES string of the molecule is CC.CC.COc1ccccc1.COc1ccccc1.c1ccccc1. The second kappa shape index (κ2) is 22.3. The smallest absolute Gasteiger partial charge is 0.118 e. The van der Waals surface area contributed by atoms with Crippen molar-refractivity contribution in [1.82, 2.24) is 0 Å². The molecular formula is C24H34O2. The molecule has 0 aliphatic carbocycles. The first-order chi connectivity index (χ1) is 12.9. The summed E-state index contributed by atoms with van der Waals surface area (Å²) in [6, 6.07) is 31.4. The number of rotatable bonds is 2. The molecule has 0 saturated heterocycles. The van der Waals surface area contributed by atoms with Crippen LogP contribution in [0.15, 0.2) is 97.1 Å². The Labute approximate surface area is 160 Å². The fourth-order valence-corrected chi connectivity index (χ4v) is 1.50. The molecule has 0 amide bonds. The Hall–Kier alpha value is -2.74. The van der Waals surface area contributed by atoms with Gasteiger partial charge in [0.25, 0.3) is 0 Å². The number of ether oxygens (including phenoxy) is 2. The number of hydrogen-bond acceptors (Lipinski definition) is 2. The average molecular weight is 355 g/mol. The minimum Gasteiger partial charge on any atom is -0.497 e. The predicted molar refractivity (Wildman–Crippen MR) is 115 cm³/mol. The lowest BCUT2D eigenvalue weighted by atomic mass is 10.3. The van der Waals surface area contributed by atoms with Crippen molar-refractivity contribution in [3.8, 4) is 11.5 Å². The van der Waals surface area contributed by atoms with E-state index in [2.05, 4.69) is 0 Å². The molecule has 0 saturated carbocycles. The summed E-state index contributed by atoms with van der Waals surface area (Å²) in [6.45, 7) is 8.00. The Morgan fingerprint density at radius 3 is 0.731 bits per heavy atom. The fraction of sp³-hybridized carbons (Fsp3) is 0.250. The molecular weight excluding hydrogens is 320 g/mol. The third-order valence-electron chi connectivity index (χ3n) is 2.62. The van der Waals surface area contributed by atoms with Gasteiger partial charge in [-0.3, -0.25) is 0 Å². The van der Waals surface area contributed by atoms with Crippen LogP contribution >= 0.6 is 0 Å². The van der Waals surface area contributed by atoms with Crippen LogP contribution in [0.2, 0.25) is 0 Å². The highest BCUT2D eigenvalue weighted by Crippen LogP contribution is 2.06. The first kappa shape index (κ1) is 25.5. The van der Waals surface area contributed by atoms with E-state index in [0.29, 0.717) is 0 Å². The Bertz CT molecular complexity index is 500. The third kappa shape index (κ3) is 16.1. The van der Waals surface area contributed by atoms with Crippen LogP contribution in [-0.2, 0) is 0 Å². The standard InChI is InChI=1S/2C7H8O.C6H6.2C2H6/c2*1-8-7-5-3-2-4-6-7;1-2-4-6-5-3-1;2*1-2/h2*2-6H,1H3;1-6H;2*1-2H3. The van der Waals surface area contributed by atoms with E-state index in [1.165, 1.54) is 0 Å². The van der Waals surface area contributed by atoms with Gasteiger partial charge in [-0.2, -0.15) is 0 Å². The molecule has 0 spiro atoms. The molecule has 0 fully saturated rings. The zero-order chi connectivity index (χ0) is 19.9. The van der Waals surface area contributed by atoms with E-state index in [1.54, 1.807) is 14.2 Å². The van der Waals surface area contributed by atoms with Crippen LogP contribution in [0.3, 0.4) is 0 Å². The van der Waals surface area contributed by atoms with Gasteiger partial charge in [0.05, 0.1) is 14.2 Å². The predicted octanol–water partition coefficient (Wildman–Crippen LogP) is 7.13.